The molecule has 0 aromatic rings. The van der Waals surface area contributed by atoms with Crippen LogP contribution in [0.15, 0.2) is 0 Å². The molecule has 2 aliphatic carbocycles. The molecule has 0 radical (unpaired) electrons. The van der Waals surface area contributed by atoms with Crippen molar-refractivity contribution in [2.75, 3.05) is 6.61 Å². The van der Waals surface area contributed by atoms with E-state index in [1.54, 1.807) is 0 Å². The first-order valence-electron chi connectivity index (χ1n) is 7.19. The van der Waals surface area contributed by atoms with Crippen LogP contribution in [-0.2, 0) is 9.53 Å². The second kappa shape index (κ2) is 4.79. The van der Waals surface area contributed by atoms with Gasteiger partial charge in [-0.25, -0.2) is 0 Å². The molecule has 2 rings (SSSR count). The van der Waals surface area contributed by atoms with Crippen LogP contribution in [0, 0.1) is 28.1 Å². The van der Waals surface area contributed by atoms with Crippen molar-refractivity contribution in [1.82, 2.24) is 5.32 Å². The zero-order valence-electron chi connectivity index (χ0n) is 12.3. The fraction of sp³-hybridized carbons (Fsp3) is 0.867. The van der Waals surface area contributed by atoms with Gasteiger partial charge in [-0.2, -0.15) is 5.26 Å². The summed E-state index contributed by atoms with van der Waals surface area (Å²) in [5, 5.41) is 12.3. The second-order valence-corrected chi connectivity index (χ2v) is 6.73. The third kappa shape index (κ3) is 2.25. The van der Waals surface area contributed by atoms with E-state index in [1.807, 2.05) is 6.92 Å². The van der Waals surface area contributed by atoms with Crippen LogP contribution in [0.4, 0.5) is 0 Å². The van der Waals surface area contributed by atoms with Crippen molar-refractivity contribution < 1.29 is 9.53 Å². The minimum atomic E-state index is -0.772. The molecule has 1 N–H and O–H groups in total. The maximum Gasteiger partial charge on any atom is 0.240 e. The first kappa shape index (κ1) is 14.3. The van der Waals surface area contributed by atoms with Crippen LogP contribution in [0.1, 0.15) is 47.0 Å². The smallest absolute Gasteiger partial charge is 0.240 e. The number of carbonyl (C=O) groups excluding carboxylic acids is 1. The van der Waals surface area contributed by atoms with Crippen molar-refractivity contribution in [2.24, 2.45) is 16.7 Å². The Morgan fingerprint density at radius 1 is 1.47 bits per heavy atom. The Bertz CT molecular complexity index is 405. The Morgan fingerprint density at radius 2 is 2.11 bits per heavy atom. The van der Waals surface area contributed by atoms with E-state index in [2.05, 4.69) is 32.2 Å². The van der Waals surface area contributed by atoms with E-state index in [-0.39, 0.29) is 23.5 Å². The van der Waals surface area contributed by atoms with Gasteiger partial charge >= 0.3 is 0 Å². The summed E-state index contributed by atoms with van der Waals surface area (Å²) >= 11 is 0. The number of amides is 1. The van der Waals surface area contributed by atoms with Crippen LogP contribution in [0.3, 0.4) is 0 Å². The number of carbonyl (C=O) groups is 1. The van der Waals surface area contributed by atoms with Crippen molar-refractivity contribution in [2.45, 2.75) is 59.1 Å². The first-order chi connectivity index (χ1) is 8.85. The van der Waals surface area contributed by atoms with E-state index in [0.717, 1.165) is 6.42 Å². The molecular weight excluding hydrogens is 240 g/mol. The molecule has 0 spiro atoms. The van der Waals surface area contributed by atoms with Crippen molar-refractivity contribution in [3.05, 3.63) is 0 Å². The third-order valence-electron chi connectivity index (χ3n) is 4.89. The van der Waals surface area contributed by atoms with E-state index >= 15 is 0 Å². The Morgan fingerprint density at radius 3 is 2.53 bits per heavy atom. The lowest BCUT2D eigenvalue weighted by Crippen LogP contribution is -2.64. The second-order valence-electron chi connectivity index (χ2n) is 6.73. The molecule has 0 aromatic carbocycles. The van der Waals surface area contributed by atoms with E-state index in [1.165, 1.54) is 0 Å². The lowest BCUT2D eigenvalue weighted by molar-refractivity contribution is -0.147. The van der Waals surface area contributed by atoms with Gasteiger partial charge in [-0.05, 0) is 32.1 Å². The lowest BCUT2D eigenvalue weighted by atomic mass is 9.61. The summed E-state index contributed by atoms with van der Waals surface area (Å²) < 4.78 is 5.66. The molecule has 0 bridgehead atoms. The molecule has 0 aromatic heterocycles. The normalized spacial score (nSPS) is 39.6. The van der Waals surface area contributed by atoms with Crippen molar-refractivity contribution in [1.29, 1.82) is 5.26 Å². The summed E-state index contributed by atoms with van der Waals surface area (Å²) in [4.78, 5) is 12.3. The molecule has 2 saturated carbocycles. The van der Waals surface area contributed by atoms with Gasteiger partial charge in [0, 0.05) is 18.1 Å². The van der Waals surface area contributed by atoms with E-state index in [9.17, 15) is 10.1 Å². The SMILES string of the molecule is CCOC1CC(NC(=O)C2(C#N)CC(C)C2)C1(C)C. The Balaban J connectivity index is 1.93. The average Bonchev–Trinajstić information content (AvgIpc) is 2.33. The topological polar surface area (TPSA) is 62.1 Å². The highest BCUT2D eigenvalue weighted by atomic mass is 16.5. The fourth-order valence-corrected chi connectivity index (χ4v) is 3.37. The highest BCUT2D eigenvalue weighted by Gasteiger charge is 2.54. The molecule has 0 aliphatic heterocycles. The highest BCUT2D eigenvalue weighted by molar-refractivity contribution is 5.86. The molecular formula is C15H24N2O2. The third-order valence-corrected chi connectivity index (χ3v) is 4.89. The predicted octanol–water partition coefficient (Wildman–Crippen LogP) is 2.25. The van der Waals surface area contributed by atoms with Crippen LogP contribution in [0.2, 0.25) is 0 Å². The molecule has 2 atom stereocenters. The number of nitrogens with zero attached hydrogens (tertiary/aromatic N) is 1. The Labute approximate surface area is 115 Å². The van der Waals surface area contributed by atoms with Crippen LogP contribution in [-0.4, -0.2) is 24.7 Å². The molecule has 2 unspecified atom stereocenters. The molecule has 2 fully saturated rings. The number of nitrogens with one attached hydrogen (secondary N) is 1. The Hall–Kier alpha value is -1.08. The quantitative estimate of drug-likeness (QED) is 0.847. The fourth-order valence-electron chi connectivity index (χ4n) is 3.37. The first-order valence-corrected chi connectivity index (χ1v) is 7.19. The molecule has 106 valence electrons. The van der Waals surface area contributed by atoms with Gasteiger partial charge in [0.15, 0.2) is 0 Å². The maximum absolute atomic E-state index is 12.3. The predicted molar refractivity (Wildman–Crippen MR) is 72.2 cm³/mol. The maximum atomic E-state index is 12.3. The standard InChI is InChI=1S/C15H24N2O2/c1-5-19-12-6-11(14(12,3)4)17-13(18)15(9-16)7-10(2)8-15/h10-12H,5-8H2,1-4H3,(H,17,18). The van der Waals surface area contributed by atoms with Gasteiger partial charge in [0.05, 0.1) is 12.2 Å². The summed E-state index contributed by atoms with van der Waals surface area (Å²) in [6.45, 7) is 9.01. The summed E-state index contributed by atoms with van der Waals surface area (Å²) in [6.07, 6.45) is 2.44. The number of hydrogen-bond acceptors (Lipinski definition) is 3. The van der Waals surface area contributed by atoms with Gasteiger partial charge in [-0.15, -0.1) is 0 Å². The van der Waals surface area contributed by atoms with Crippen LogP contribution < -0.4 is 5.32 Å². The Kier molecular flexibility index (Phi) is 3.61. The average molecular weight is 264 g/mol. The molecule has 1 amide bonds. The monoisotopic (exact) mass is 264 g/mol. The molecule has 4 nitrogen and oxygen atoms in total. The highest BCUT2D eigenvalue weighted by Crippen LogP contribution is 2.47. The molecule has 4 heteroatoms. The molecule has 0 heterocycles. The summed E-state index contributed by atoms with van der Waals surface area (Å²) in [7, 11) is 0. The summed E-state index contributed by atoms with van der Waals surface area (Å²) in [6, 6.07) is 2.34. The van der Waals surface area contributed by atoms with Gasteiger partial charge in [0.1, 0.15) is 5.41 Å². The van der Waals surface area contributed by atoms with Crippen molar-refractivity contribution in [3.8, 4) is 6.07 Å². The lowest BCUT2D eigenvalue weighted by Gasteiger charge is -2.52. The van der Waals surface area contributed by atoms with Crippen LogP contribution >= 0.6 is 0 Å². The van der Waals surface area contributed by atoms with Gasteiger partial charge in [-0.3, -0.25) is 4.79 Å². The van der Waals surface area contributed by atoms with Gasteiger partial charge in [0.25, 0.3) is 0 Å². The van der Waals surface area contributed by atoms with Gasteiger partial charge in [0.2, 0.25) is 5.91 Å². The zero-order valence-corrected chi connectivity index (χ0v) is 12.3. The largest absolute Gasteiger partial charge is 0.378 e. The number of ether oxygens (including phenoxy) is 1. The molecule has 2 aliphatic rings. The summed E-state index contributed by atoms with van der Waals surface area (Å²) in [5.74, 6) is 0.400. The van der Waals surface area contributed by atoms with E-state index < -0.39 is 5.41 Å². The number of hydrogen-bond donors (Lipinski definition) is 1. The van der Waals surface area contributed by atoms with Crippen LogP contribution in [0.5, 0.6) is 0 Å². The number of nitriles is 1. The van der Waals surface area contributed by atoms with E-state index in [4.69, 9.17) is 4.74 Å². The van der Waals surface area contributed by atoms with Gasteiger partial charge < -0.3 is 10.1 Å². The summed E-state index contributed by atoms with van der Waals surface area (Å²) in [5.41, 5.74) is -0.816. The van der Waals surface area contributed by atoms with E-state index in [0.29, 0.717) is 25.4 Å². The minimum Gasteiger partial charge on any atom is -0.378 e. The number of rotatable bonds is 4. The van der Waals surface area contributed by atoms with Crippen molar-refractivity contribution in [3.63, 3.8) is 0 Å². The van der Waals surface area contributed by atoms with Gasteiger partial charge in [-0.1, -0.05) is 20.8 Å². The molecule has 19 heavy (non-hydrogen) atoms. The van der Waals surface area contributed by atoms with Crippen LogP contribution in [0.25, 0.3) is 0 Å². The molecule has 0 saturated heterocycles. The minimum absolute atomic E-state index is 0.0440. The zero-order chi connectivity index (χ0) is 14.3. The van der Waals surface area contributed by atoms with Crippen molar-refractivity contribution >= 4 is 5.91 Å².